The highest BCUT2D eigenvalue weighted by Crippen LogP contribution is 2.32. The van der Waals surface area contributed by atoms with Crippen molar-refractivity contribution >= 4 is 17.0 Å². The molecule has 1 fully saturated rings. The number of carboxylic acid groups (broad SMARTS) is 1. The summed E-state index contributed by atoms with van der Waals surface area (Å²) in [6.07, 6.45) is -0.451. The van der Waals surface area contributed by atoms with Crippen LogP contribution >= 0.6 is 0 Å². The number of hydrogen-bond donors (Lipinski definition) is 2. The number of carbonyl (C=O) groups is 1. The SMILES string of the molecule is O=C(O)C1CCC(c2nc3cc(F)c(F)cc3[nH]2)O1. The molecule has 3 rings (SSSR count). The van der Waals surface area contributed by atoms with E-state index in [-0.39, 0.29) is 5.52 Å². The van der Waals surface area contributed by atoms with Gasteiger partial charge >= 0.3 is 5.97 Å². The number of nitrogens with zero attached hydrogens (tertiary/aromatic N) is 1. The summed E-state index contributed by atoms with van der Waals surface area (Å²) in [7, 11) is 0. The van der Waals surface area contributed by atoms with Crippen LogP contribution in [0.1, 0.15) is 24.8 Å². The second kappa shape index (κ2) is 4.27. The highest BCUT2D eigenvalue weighted by Gasteiger charge is 2.33. The molecule has 1 aromatic carbocycles. The topological polar surface area (TPSA) is 75.2 Å². The van der Waals surface area contributed by atoms with Gasteiger partial charge in [-0.2, -0.15) is 0 Å². The van der Waals surface area contributed by atoms with Gasteiger partial charge in [-0.1, -0.05) is 0 Å². The molecule has 0 saturated carbocycles. The molecular weight excluding hydrogens is 258 g/mol. The molecule has 0 radical (unpaired) electrons. The largest absolute Gasteiger partial charge is 0.479 e. The number of aromatic nitrogens is 2. The lowest BCUT2D eigenvalue weighted by atomic mass is 10.2. The molecule has 1 saturated heterocycles. The van der Waals surface area contributed by atoms with Gasteiger partial charge in [-0.05, 0) is 12.8 Å². The number of carboxylic acids is 1. The summed E-state index contributed by atoms with van der Waals surface area (Å²) >= 11 is 0. The minimum absolute atomic E-state index is 0.288. The molecule has 2 N–H and O–H groups in total. The van der Waals surface area contributed by atoms with Gasteiger partial charge in [0, 0.05) is 12.1 Å². The summed E-state index contributed by atoms with van der Waals surface area (Å²) in [5.74, 6) is -2.56. The number of aliphatic carboxylic acids is 1. The van der Waals surface area contributed by atoms with Gasteiger partial charge in [0.25, 0.3) is 0 Å². The molecule has 7 heteroatoms. The molecule has 0 amide bonds. The molecule has 2 atom stereocenters. The van der Waals surface area contributed by atoms with E-state index < -0.39 is 29.8 Å². The third-order valence-corrected chi connectivity index (χ3v) is 3.14. The first kappa shape index (κ1) is 12.0. The van der Waals surface area contributed by atoms with Crippen molar-refractivity contribution in [3.63, 3.8) is 0 Å². The number of H-pyrrole nitrogens is 1. The van der Waals surface area contributed by atoms with Crippen molar-refractivity contribution in [3.05, 3.63) is 29.6 Å². The molecule has 0 bridgehead atoms. The van der Waals surface area contributed by atoms with E-state index in [2.05, 4.69) is 9.97 Å². The molecule has 0 spiro atoms. The average molecular weight is 268 g/mol. The van der Waals surface area contributed by atoms with Gasteiger partial charge in [0.15, 0.2) is 17.7 Å². The second-order valence-corrected chi connectivity index (χ2v) is 4.43. The molecule has 1 aliphatic rings. The molecular formula is C12H10F2N2O3. The van der Waals surface area contributed by atoms with Gasteiger partial charge in [-0.3, -0.25) is 0 Å². The van der Waals surface area contributed by atoms with Crippen LogP contribution < -0.4 is 0 Å². The van der Waals surface area contributed by atoms with Crippen molar-refractivity contribution in [2.75, 3.05) is 0 Å². The van der Waals surface area contributed by atoms with Gasteiger partial charge < -0.3 is 14.8 Å². The third-order valence-electron chi connectivity index (χ3n) is 3.14. The molecule has 5 nitrogen and oxygen atoms in total. The number of nitrogens with one attached hydrogen (secondary N) is 1. The van der Waals surface area contributed by atoms with Crippen molar-refractivity contribution in [2.24, 2.45) is 0 Å². The maximum Gasteiger partial charge on any atom is 0.332 e. The number of imidazole rings is 1. The fraction of sp³-hybridized carbons (Fsp3) is 0.333. The number of aromatic amines is 1. The lowest BCUT2D eigenvalue weighted by Gasteiger charge is -2.07. The first-order valence-corrected chi connectivity index (χ1v) is 5.77. The average Bonchev–Trinajstić information content (AvgIpc) is 2.95. The van der Waals surface area contributed by atoms with E-state index in [4.69, 9.17) is 9.84 Å². The summed E-state index contributed by atoms with van der Waals surface area (Å²) in [6.45, 7) is 0. The molecule has 100 valence electrons. The van der Waals surface area contributed by atoms with Crippen LogP contribution in [-0.4, -0.2) is 27.1 Å². The van der Waals surface area contributed by atoms with Gasteiger partial charge in [0.05, 0.1) is 11.0 Å². The molecule has 2 aromatic rings. The molecule has 1 aliphatic heterocycles. The van der Waals surface area contributed by atoms with Crippen LogP contribution in [0.5, 0.6) is 0 Å². The number of rotatable bonds is 2. The second-order valence-electron chi connectivity index (χ2n) is 4.43. The highest BCUT2D eigenvalue weighted by atomic mass is 19.2. The van der Waals surface area contributed by atoms with E-state index in [9.17, 15) is 13.6 Å². The fourth-order valence-electron chi connectivity index (χ4n) is 2.20. The molecule has 1 aromatic heterocycles. The Hall–Kier alpha value is -2.02. The van der Waals surface area contributed by atoms with Crippen molar-refractivity contribution in [2.45, 2.75) is 25.0 Å². The minimum atomic E-state index is -1.02. The minimum Gasteiger partial charge on any atom is -0.479 e. The van der Waals surface area contributed by atoms with E-state index in [1.807, 2.05) is 0 Å². The highest BCUT2D eigenvalue weighted by molar-refractivity contribution is 5.75. The Kier molecular flexibility index (Phi) is 2.70. The summed E-state index contributed by atoms with van der Waals surface area (Å²) in [5.41, 5.74) is 0.646. The van der Waals surface area contributed by atoms with Gasteiger partial charge in [-0.25, -0.2) is 18.6 Å². The van der Waals surface area contributed by atoms with E-state index in [0.29, 0.717) is 24.2 Å². The van der Waals surface area contributed by atoms with Crippen LogP contribution in [0.2, 0.25) is 0 Å². The predicted molar refractivity (Wildman–Crippen MR) is 60.5 cm³/mol. The number of benzene rings is 1. The molecule has 2 heterocycles. The Morgan fingerprint density at radius 3 is 2.79 bits per heavy atom. The Balaban J connectivity index is 1.92. The maximum absolute atomic E-state index is 13.1. The molecule has 0 aliphatic carbocycles. The van der Waals surface area contributed by atoms with Gasteiger partial charge in [0.2, 0.25) is 0 Å². The number of halogens is 2. The van der Waals surface area contributed by atoms with Crippen LogP contribution in [0, 0.1) is 11.6 Å². The monoisotopic (exact) mass is 268 g/mol. The van der Waals surface area contributed by atoms with E-state index in [1.165, 1.54) is 0 Å². The standard InChI is InChI=1S/C12H10F2N2O3/c13-5-3-7-8(4-6(5)14)16-11(15-7)9-1-2-10(19-9)12(17)18/h3-4,9-10H,1-2H2,(H,15,16)(H,17,18). The van der Waals surface area contributed by atoms with Gasteiger partial charge in [0.1, 0.15) is 11.9 Å². The summed E-state index contributed by atoms with van der Waals surface area (Å²) < 4.78 is 31.5. The lowest BCUT2D eigenvalue weighted by Crippen LogP contribution is -2.18. The molecule has 19 heavy (non-hydrogen) atoms. The maximum atomic E-state index is 13.1. The number of ether oxygens (including phenoxy) is 1. The van der Waals surface area contributed by atoms with E-state index in [0.717, 1.165) is 12.1 Å². The number of hydrogen-bond acceptors (Lipinski definition) is 3. The fourth-order valence-corrected chi connectivity index (χ4v) is 2.20. The van der Waals surface area contributed by atoms with Crippen LogP contribution in [0.3, 0.4) is 0 Å². The smallest absolute Gasteiger partial charge is 0.332 e. The molecule has 2 unspecified atom stereocenters. The normalized spacial score (nSPS) is 23.1. The zero-order valence-electron chi connectivity index (χ0n) is 9.69. The van der Waals surface area contributed by atoms with Crippen LogP contribution in [0.15, 0.2) is 12.1 Å². The lowest BCUT2D eigenvalue weighted by molar-refractivity contribution is -0.149. The summed E-state index contributed by atoms with van der Waals surface area (Å²) in [4.78, 5) is 17.7. The van der Waals surface area contributed by atoms with Gasteiger partial charge in [-0.15, -0.1) is 0 Å². The van der Waals surface area contributed by atoms with E-state index >= 15 is 0 Å². The van der Waals surface area contributed by atoms with Crippen molar-refractivity contribution < 1.29 is 23.4 Å². The number of fused-ring (bicyclic) bond motifs is 1. The van der Waals surface area contributed by atoms with Crippen molar-refractivity contribution in [3.8, 4) is 0 Å². The first-order valence-electron chi connectivity index (χ1n) is 5.77. The zero-order chi connectivity index (χ0) is 13.6. The predicted octanol–water partition coefficient (Wildman–Crippen LogP) is 2.15. The Bertz CT molecular complexity index is 617. The van der Waals surface area contributed by atoms with Crippen molar-refractivity contribution in [1.82, 2.24) is 9.97 Å². The Morgan fingerprint density at radius 2 is 2.11 bits per heavy atom. The Labute approximate surface area is 106 Å². The summed E-state index contributed by atoms with van der Waals surface area (Å²) in [5, 5.41) is 8.84. The first-order chi connectivity index (χ1) is 9.04. The van der Waals surface area contributed by atoms with Crippen LogP contribution in [-0.2, 0) is 9.53 Å². The summed E-state index contributed by atoms with van der Waals surface area (Å²) in [6, 6.07) is 2.01. The van der Waals surface area contributed by atoms with Crippen molar-refractivity contribution in [1.29, 1.82) is 0 Å². The third kappa shape index (κ3) is 2.06. The van der Waals surface area contributed by atoms with E-state index in [1.54, 1.807) is 0 Å². The Morgan fingerprint density at radius 1 is 1.37 bits per heavy atom. The quantitative estimate of drug-likeness (QED) is 0.875. The zero-order valence-corrected chi connectivity index (χ0v) is 9.69. The van der Waals surface area contributed by atoms with Crippen LogP contribution in [0.4, 0.5) is 8.78 Å². The van der Waals surface area contributed by atoms with Crippen LogP contribution in [0.25, 0.3) is 11.0 Å².